The van der Waals surface area contributed by atoms with Gasteiger partial charge >= 0.3 is 6.03 Å². The third kappa shape index (κ3) is 3.72. The molecule has 2 aliphatic heterocycles. The largest absolute Gasteiger partial charge is 0.341 e. The zero-order valence-corrected chi connectivity index (χ0v) is 17.2. The Bertz CT molecular complexity index is 857. The van der Waals surface area contributed by atoms with Crippen molar-refractivity contribution < 1.29 is 13.2 Å². The van der Waals surface area contributed by atoms with Crippen LogP contribution in [0.2, 0.25) is 0 Å². The Labute approximate surface area is 166 Å². The topological polar surface area (TPSA) is 96.8 Å². The summed E-state index contributed by atoms with van der Waals surface area (Å²) in [5.41, 5.74) is 0.354. The van der Waals surface area contributed by atoms with Gasteiger partial charge in [0.2, 0.25) is 10.0 Å². The molecule has 3 rings (SSSR count). The number of hydrogen-bond donors (Lipinski definition) is 1. The first-order valence-electron chi connectivity index (χ1n) is 9.58. The van der Waals surface area contributed by atoms with E-state index in [9.17, 15) is 13.2 Å². The summed E-state index contributed by atoms with van der Waals surface area (Å²) in [6.07, 6.45) is 1.82. The molecule has 2 amide bonds. The number of carbonyl (C=O) groups is 1. The van der Waals surface area contributed by atoms with Gasteiger partial charge in [-0.1, -0.05) is 6.92 Å². The van der Waals surface area contributed by atoms with Gasteiger partial charge in [-0.15, -0.1) is 0 Å². The third-order valence-corrected chi connectivity index (χ3v) is 7.93. The molecule has 1 atom stereocenters. The molecule has 2 heterocycles. The molecule has 1 N–H and O–H groups in total. The van der Waals surface area contributed by atoms with Crippen molar-refractivity contribution in [1.82, 2.24) is 19.4 Å². The van der Waals surface area contributed by atoms with Crippen LogP contribution in [0, 0.1) is 11.3 Å². The van der Waals surface area contributed by atoms with Gasteiger partial charge in [0.1, 0.15) is 0 Å². The molecule has 2 fully saturated rings. The molecule has 0 aliphatic carbocycles. The Kier molecular flexibility index (Phi) is 5.93. The summed E-state index contributed by atoms with van der Waals surface area (Å²) >= 11 is 0. The van der Waals surface area contributed by atoms with E-state index in [2.05, 4.69) is 17.1 Å². The Balaban J connectivity index is 1.68. The predicted molar refractivity (Wildman–Crippen MR) is 105 cm³/mol. The Morgan fingerprint density at radius 2 is 1.82 bits per heavy atom. The summed E-state index contributed by atoms with van der Waals surface area (Å²) in [6, 6.07) is 7.98. The zero-order chi connectivity index (χ0) is 20.4. The van der Waals surface area contributed by atoms with E-state index >= 15 is 0 Å². The first-order valence-corrected chi connectivity index (χ1v) is 11.0. The van der Waals surface area contributed by atoms with E-state index in [1.807, 2.05) is 11.0 Å². The number of benzene rings is 1. The van der Waals surface area contributed by atoms with Crippen LogP contribution in [0.5, 0.6) is 0 Å². The lowest BCUT2D eigenvalue weighted by atomic mass is 9.92. The Morgan fingerprint density at radius 3 is 2.36 bits per heavy atom. The highest BCUT2D eigenvalue weighted by Gasteiger charge is 2.44. The van der Waals surface area contributed by atoms with Crippen molar-refractivity contribution >= 4 is 16.1 Å². The van der Waals surface area contributed by atoms with E-state index < -0.39 is 10.0 Å². The molecule has 28 heavy (non-hydrogen) atoms. The van der Waals surface area contributed by atoms with Crippen LogP contribution in [-0.2, 0) is 10.0 Å². The van der Waals surface area contributed by atoms with Crippen molar-refractivity contribution in [3.05, 3.63) is 29.8 Å². The molecule has 0 aromatic heterocycles. The van der Waals surface area contributed by atoms with Crippen molar-refractivity contribution in [1.29, 1.82) is 5.26 Å². The van der Waals surface area contributed by atoms with E-state index in [1.54, 1.807) is 7.05 Å². The highest BCUT2D eigenvalue weighted by atomic mass is 32.2. The Hall–Kier alpha value is -2.15. The van der Waals surface area contributed by atoms with Gasteiger partial charge in [-0.3, -0.25) is 4.90 Å². The number of sulfonamides is 1. The molecule has 0 unspecified atom stereocenters. The average Bonchev–Trinajstić information content (AvgIpc) is 3.19. The molecule has 2 aliphatic rings. The lowest BCUT2D eigenvalue weighted by Gasteiger charge is -2.45. The number of likely N-dealkylation sites (tertiary alicyclic amines) is 1. The number of urea groups is 1. The van der Waals surface area contributed by atoms with Crippen LogP contribution < -0.4 is 5.32 Å². The maximum absolute atomic E-state index is 12.9. The summed E-state index contributed by atoms with van der Waals surface area (Å²) in [6.45, 7) is 5.65. The lowest BCUT2D eigenvalue weighted by molar-refractivity contribution is 0.0574. The third-order valence-electron chi connectivity index (χ3n) is 6.02. The average molecular weight is 406 g/mol. The van der Waals surface area contributed by atoms with Crippen LogP contribution in [0.25, 0.3) is 0 Å². The molecule has 0 spiro atoms. The van der Waals surface area contributed by atoms with Gasteiger partial charge in [-0.05, 0) is 37.1 Å². The standard InChI is InChI=1S/C19H27N5O3S/c1-3-19(8-9-22(15-19)18(25)21-2)23-10-12-24(13-11-23)28(26,27)17-6-4-16(14-20)5-7-17/h4-7H,3,8-13,15H2,1-2H3,(H,21,25)/t19-/m0/s1. The smallest absolute Gasteiger partial charge is 0.317 e. The van der Waals surface area contributed by atoms with Crippen molar-refractivity contribution in [3.8, 4) is 6.07 Å². The first kappa shape index (κ1) is 20.6. The maximum Gasteiger partial charge on any atom is 0.317 e. The molecular weight excluding hydrogens is 378 g/mol. The molecule has 1 aromatic carbocycles. The minimum Gasteiger partial charge on any atom is -0.341 e. The summed E-state index contributed by atoms with van der Waals surface area (Å²) in [4.78, 5) is 16.4. The van der Waals surface area contributed by atoms with E-state index in [4.69, 9.17) is 5.26 Å². The minimum atomic E-state index is -3.57. The van der Waals surface area contributed by atoms with Gasteiger partial charge in [0.25, 0.3) is 0 Å². The van der Waals surface area contributed by atoms with Crippen molar-refractivity contribution in [2.75, 3.05) is 46.3 Å². The van der Waals surface area contributed by atoms with Crippen LogP contribution >= 0.6 is 0 Å². The monoisotopic (exact) mass is 405 g/mol. The first-order chi connectivity index (χ1) is 13.4. The maximum atomic E-state index is 12.9. The number of hydrogen-bond acceptors (Lipinski definition) is 5. The lowest BCUT2D eigenvalue weighted by Crippen LogP contribution is -2.59. The molecule has 1 aromatic rings. The number of rotatable bonds is 4. The molecule has 0 bridgehead atoms. The highest BCUT2D eigenvalue weighted by molar-refractivity contribution is 7.89. The second-order valence-electron chi connectivity index (χ2n) is 7.33. The fourth-order valence-electron chi connectivity index (χ4n) is 4.21. The second-order valence-corrected chi connectivity index (χ2v) is 9.27. The van der Waals surface area contributed by atoms with Gasteiger partial charge in [0.15, 0.2) is 0 Å². The zero-order valence-electron chi connectivity index (χ0n) is 16.4. The SMILES string of the molecule is CC[C@]1(N2CCN(S(=O)(=O)c3ccc(C#N)cc3)CC2)CCN(C(=O)NC)C1. The molecule has 2 saturated heterocycles. The minimum absolute atomic E-state index is 0.0580. The number of amides is 2. The van der Waals surface area contributed by atoms with Crippen molar-refractivity contribution in [2.45, 2.75) is 30.2 Å². The molecule has 0 saturated carbocycles. The second kappa shape index (κ2) is 8.07. The number of nitrogens with zero attached hydrogens (tertiary/aromatic N) is 4. The quantitative estimate of drug-likeness (QED) is 0.808. The highest BCUT2D eigenvalue weighted by Crippen LogP contribution is 2.33. The number of nitriles is 1. The molecule has 9 heteroatoms. The Morgan fingerprint density at radius 1 is 1.18 bits per heavy atom. The number of piperazine rings is 1. The molecular formula is C19H27N5O3S. The summed E-state index contributed by atoms with van der Waals surface area (Å²) < 4.78 is 27.3. The van der Waals surface area contributed by atoms with Crippen LogP contribution in [-0.4, -0.2) is 80.4 Å². The normalized spacial score (nSPS) is 24.1. The molecule has 8 nitrogen and oxygen atoms in total. The van der Waals surface area contributed by atoms with Gasteiger partial charge in [-0.25, -0.2) is 13.2 Å². The van der Waals surface area contributed by atoms with Crippen LogP contribution in [0.4, 0.5) is 4.79 Å². The predicted octanol–water partition coefficient (Wildman–Crippen LogP) is 1.06. The van der Waals surface area contributed by atoms with Crippen LogP contribution in [0.15, 0.2) is 29.2 Å². The molecule has 0 radical (unpaired) electrons. The van der Waals surface area contributed by atoms with Crippen LogP contribution in [0.3, 0.4) is 0 Å². The van der Waals surface area contributed by atoms with E-state index in [-0.39, 0.29) is 16.5 Å². The van der Waals surface area contributed by atoms with E-state index in [1.165, 1.54) is 28.6 Å². The van der Waals surface area contributed by atoms with Gasteiger partial charge in [0, 0.05) is 51.9 Å². The summed E-state index contributed by atoms with van der Waals surface area (Å²) in [7, 11) is -1.93. The summed E-state index contributed by atoms with van der Waals surface area (Å²) in [5.74, 6) is 0. The van der Waals surface area contributed by atoms with Crippen molar-refractivity contribution in [3.63, 3.8) is 0 Å². The van der Waals surface area contributed by atoms with E-state index in [0.717, 1.165) is 19.4 Å². The van der Waals surface area contributed by atoms with Gasteiger partial charge < -0.3 is 10.2 Å². The fourth-order valence-corrected chi connectivity index (χ4v) is 5.63. The molecule has 152 valence electrons. The number of nitrogens with one attached hydrogen (secondary N) is 1. The van der Waals surface area contributed by atoms with Crippen molar-refractivity contribution in [2.24, 2.45) is 0 Å². The van der Waals surface area contributed by atoms with Crippen LogP contribution in [0.1, 0.15) is 25.3 Å². The fraction of sp³-hybridized carbons (Fsp3) is 0.579. The van der Waals surface area contributed by atoms with Gasteiger partial charge in [0.05, 0.1) is 16.5 Å². The number of carbonyl (C=O) groups excluding carboxylic acids is 1. The van der Waals surface area contributed by atoms with Gasteiger partial charge in [-0.2, -0.15) is 9.57 Å². The van der Waals surface area contributed by atoms with E-state index in [0.29, 0.717) is 38.3 Å². The summed E-state index contributed by atoms with van der Waals surface area (Å²) in [5, 5.41) is 11.6.